The lowest BCUT2D eigenvalue weighted by atomic mass is 10.3. The molecule has 1 heterocycles. The van der Waals surface area contributed by atoms with E-state index in [9.17, 15) is 4.39 Å². The van der Waals surface area contributed by atoms with Crippen LogP contribution in [-0.4, -0.2) is 9.78 Å². The number of aryl methyl sites for hydroxylation is 1. The molecule has 0 saturated carbocycles. The third kappa shape index (κ3) is 1.72. The lowest BCUT2D eigenvalue weighted by Gasteiger charge is -1.99. The Bertz CT molecular complexity index is 537. The lowest BCUT2D eigenvalue weighted by molar-refractivity contribution is 0.625. The quantitative estimate of drug-likeness (QED) is 0.709. The molecular weight excluding hydrogens is 193 g/mol. The smallest absolute Gasteiger partial charge is 0.125 e. The van der Waals surface area contributed by atoms with E-state index in [1.807, 2.05) is 6.07 Å². The first kappa shape index (κ1) is 9.41. The molecule has 15 heavy (non-hydrogen) atoms. The van der Waals surface area contributed by atoms with E-state index in [4.69, 9.17) is 5.26 Å². The van der Waals surface area contributed by atoms with Gasteiger partial charge in [-0.05, 0) is 25.1 Å². The van der Waals surface area contributed by atoms with Crippen molar-refractivity contribution in [3.05, 3.63) is 47.5 Å². The second-order valence-electron chi connectivity index (χ2n) is 3.16. The fourth-order valence-electron chi connectivity index (χ4n) is 1.32. The SMILES string of the molecule is Cc1nn(-c2cccc(F)c2)cc1C#N. The summed E-state index contributed by atoms with van der Waals surface area (Å²) < 4.78 is 14.4. The maximum Gasteiger partial charge on any atom is 0.125 e. The third-order valence-electron chi connectivity index (χ3n) is 2.09. The molecule has 0 aliphatic heterocycles. The van der Waals surface area contributed by atoms with Crippen LogP contribution < -0.4 is 0 Å². The Balaban J connectivity index is 2.51. The van der Waals surface area contributed by atoms with Crippen LogP contribution in [0.4, 0.5) is 4.39 Å². The number of benzene rings is 1. The van der Waals surface area contributed by atoms with E-state index >= 15 is 0 Å². The Hall–Kier alpha value is -2.15. The summed E-state index contributed by atoms with van der Waals surface area (Å²) in [6.07, 6.45) is 1.59. The highest BCUT2D eigenvalue weighted by Crippen LogP contribution is 2.12. The van der Waals surface area contributed by atoms with Gasteiger partial charge in [-0.3, -0.25) is 0 Å². The van der Waals surface area contributed by atoms with Crippen molar-refractivity contribution in [2.75, 3.05) is 0 Å². The Morgan fingerprint density at radius 1 is 1.47 bits per heavy atom. The Kier molecular flexibility index (Phi) is 2.22. The minimum absolute atomic E-state index is 0.320. The zero-order chi connectivity index (χ0) is 10.8. The van der Waals surface area contributed by atoms with Gasteiger partial charge in [0, 0.05) is 6.20 Å². The van der Waals surface area contributed by atoms with E-state index in [2.05, 4.69) is 5.10 Å². The largest absolute Gasteiger partial charge is 0.239 e. The Labute approximate surface area is 86.4 Å². The van der Waals surface area contributed by atoms with Gasteiger partial charge in [-0.25, -0.2) is 9.07 Å². The van der Waals surface area contributed by atoms with Crippen molar-refractivity contribution >= 4 is 0 Å². The number of nitrogens with zero attached hydrogens (tertiary/aromatic N) is 3. The van der Waals surface area contributed by atoms with E-state index in [1.165, 1.54) is 16.8 Å². The van der Waals surface area contributed by atoms with Gasteiger partial charge in [0.2, 0.25) is 0 Å². The summed E-state index contributed by atoms with van der Waals surface area (Å²) in [6.45, 7) is 1.74. The standard InChI is InChI=1S/C11H8FN3/c1-8-9(6-13)7-15(14-8)11-4-2-3-10(12)5-11/h2-5,7H,1H3. The number of hydrogen-bond acceptors (Lipinski definition) is 2. The molecule has 74 valence electrons. The van der Waals surface area contributed by atoms with Crippen LogP contribution in [0.5, 0.6) is 0 Å². The zero-order valence-corrected chi connectivity index (χ0v) is 8.11. The van der Waals surface area contributed by atoms with Gasteiger partial charge >= 0.3 is 0 Å². The highest BCUT2D eigenvalue weighted by molar-refractivity contribution is 5.37. The van der Waals surface area contributed by atoms with Gasteiger partial charge in [0.1, 0.15) is 11.9 Å². The molecule has 0 aliphatic carbocycles. The Morgan fingerprint density at radius 2 is 2.27 bits per heavy atom. The fourth-order valence-corrected chi connectivity index (χ4v) is 1.32. The van der Waals surface area contributed by atoms with Crippen molar-refractivity contribution in [2.24, 2.45) is 0 Å². The third-order valence-corrected chi connectivity index (χ3v) is 2.09. The molecule has 4 heteroatoms. The molecule has 0 bridgehead atoms. The average Bonchev–Trinajstić information content (AvgIpc) is 2.60. The van der Waals surface area contributed by atoms with Crippen LogP contribution in [0.3, 0.4) is 0 Å². The van der Waals surface area contributed by atoms with Crippen molar-refractivity contribution in [3.8, 4) is 11.8 Å². The number of aromatic nitrogens is 2. The van der Waals surface area contributed by atoms with Gasteiger partial charge in [0.15, 0.2) is 0 Å². The Morgan fingerprint density at radius 3 is 2.87 bits per heavy atom. The molecule has 2 rings (SSSR count). The topological polar surface area (TPSA) is 41.6 Å². The molecule has 0 atom stereocenters. The molecule has 0 aliphatic rings. The zero-order valence-electron chi connectivity index (χ0n) is 8.11. The van der Waals surface area contributed by atoms with Gasteiger partial charge in [-0.2, -0.15) is 10.4 Å². The van der Waals surface area contributed by atoms with Gasteiger partial charge < -0.3 is 0 Å². The van der Waals surface area contributed by atoms with Crippen LogP contribution in [0.25, 0.3) is 5.69 Å². The molecule has 0 spiro atoms. The van der Waals surface area contributed by atoms with Crippen LogP contribution in [0.15, 0.2) is 30.5 Å². The molecule has 0 saturated heterocycles. The summed E-state index contributed by atoms with van der Waals surface area (Å²) in [5, 5.41) is 12.9. The molecule has 0 amide bonds. The number of rotatable bonds is 1. The van der Waals surface area contributed by atoms with E-state index in [0.29, 0.717) is 16.9 Å². The molecule has 0 N–H and O–H groups in total. The van der Waals surface area contributed by atoms with Crippen molar-refractivity contribution in [1.29, 1.82) is 5.26 Å². The lowest BCUT2D eigenvalue weighted by Crippen LogP contribution is -1.94. The predicted octanol–water partition coefficient (Wildman–Crippen LogP) is 2.19. The first-order valence-corrected chi connectivity index (χ1v) is 4.43. The van der Waals surface area contributed by atoms with E-state index in [1.54, 1.807) is 25.3 Å². The van der Waals surface area contributed by atoms with Crippen molar-refractivity contribution in [2.45, 2.75) is 6.92 Å². The molecule has 0 radical (unpaired) electrons. The minimum Gasteiger partial charge on any atom is -0.239 e. The van der Waals surface area contributed by atoms with E-state index in [-0.39, 0.29) is 5.82 Å². The molecule has 0 unspecified atom stereocenters. The number of halogens is 1. The summed E-state index contributed by atoms with van der Waals surface area (Å²) in [5.74, 6) is -0.320. The van der Waals surface area contributed by atoms with E-state index < -0.39 is 0 Å². The summed E-state index contributed by atoms with van der Waals surface area (Å²) >= 11 is 0. The minimum atomic E-state index is -0.320. The normalized spacial score (nSPS) is 9.93. The molecule has 1 aromatic carbocycles. The first-order chi connectivity index (χ1) is 7.20. The summed E-state index contributed by atoms with van der Waals surface area (Å²) in [5.41, 5.74) is 1.75. The summed E-state index contributed by atoms with van der Waals surface area (Å²) in [7, 11) is 0. The van der Waals surface area contributed by atoms with Gasteiger partial charge in [0.05, 0.1) is 16.9 Å². The predicted molar refractivity (Wildman–Crippen MR) is 53.0 cm³/mol. The molecule has 0 fully saturated rings. The summed E-state index contributed by atoms with van der Waals surface area (Å²) in [6, 6.07) is 8.10. The maximum atomic E-state index is 12.9. The van der Waals surface area contributed by atoms with Crippen LogP contribution in [0, 0.1) is 24.1 Å². The van der Waals surface area contributed by atoms with Crippen LogP contribution in [-0.2, 0) is 0 Å². The van der Waals surface area contributed by atoms with Crippen molar-refractivity contribution in [1.82, 2.24) is 9.78 Å². The van der Waals surface area contributed by atoms with Gasteiger partial charge in [-0.1, -0.05) is 6.07 Å². The molecule has 3 nitrogen and oxygen atoms in total. The number of hydrogen-bond donors (Lipinski definition) is 0. The van der Waals surface area contributed by atoms with E-state index in [0.717, 1.165) is 0 Å². The van der Waals surface area contributed by atoms with Crippen LogP contribution in [0.1, 0.15) is 11.3 Å². The van der Waals surface area contributed by atoms with Crippen LogP contribution in [0.2, 0.25) is 0 Å². The average molecular weight is 201 g/mol. The highest BCUT2D eigenvalue weighted by Gasteiger charge is 2.05. The highest BCUT2D eigenvalue weighted by atomic mass is 19.1. The second-order valence-corrected chi connectivity index (χ2v) is 3.16. The van der Waals surface area contributed by atoms with Crippen molar-refractivity contribution < 1.29 is 4.39 Å². The first-order valence-electron chi connectivity index (χ1n) is 4.43. The van der Waals surface area contributed by atoms with Crippen molar-refractivity contribution in [3.63, 3.8) is 0 Å². The molecular formula is C11H8FN3. The summed E-state index contributed by atoms with van der Waals surface area (Å²) in [4.78, 5) is 0. The fraction of sp³-hybridized carbons (Fsp3) is 0.0909. The molecule has 2 aromatic rings. The number of nitriles is 1. The molecule has 1 aromatic heterocycles. The second kappa shape index (κ2) is 3.54. The van der Waals surface area contributed by atoms with Gasteiger partial charge in [0.25, 0.3) is 0 Å². The van der Waals surface area contributed by atoms with Crippen LogP contribution >= 0.6 is 0 Å². The maximum absolute atomic E-state index is 12.9. The monoisotopic (exact) mass is 201 g/mol. The van der Waals surface area contributed by atoms with Gasteiger partial charge in [-0.15, -0.1) is 0 Å².